The number of aromatic nitrogens is 1. The minimum atomic E-state index is -0.935. The first-order valence-corrected chi connectivity index (χ1v) is 10.2. The van der Waals surface area contributed by atoms with Crippen LogP contribution >= 0.6 is 11.6 Å². The maximum absolute atomic E-state index is 13.9. The van der Waals surface area contributed by atoms with E-state index in [-0.39, 0.29) is 30.7 Å². The van der Waals surface area contributed by atoms with Gasteiger partial charge < -0.3 is 14.6 Å². The Hall–Kier alpha value is -2.86. The number of likely N-dealkylation sites (N-methyl/N-ethyl adjacent to an activating group) is 1. The molecule has 0 spiro atoms. The molecule has 0 bridgehead atoms. The van der Waals surface area contributed by atoms with Gasteiger partial charge >= 0.3 is 5.97 Å². The summed E-state index contributed by atoms with van der Waals surface area (Å²) in [6.07, 6.45) is 2.19. The largest absolute Gasteiger partial charge is 0.480 e. The molecule has 0 fully saturated rings. The van der Waals surface area contributed by atoms with Gasteiger partial charge in [0.1, 0.15) is 12.4 Å². The molecule has 2 aromatic carbocycles. The molecule has 1 N–H and O–H groups in total. The minimum Gasteiger partial charge on any atom is -0.480 e. The van der Waals surface area contributed by atoms with Crippen molar-refractivity contribution >= 4 is 34.4 Å². The van der Waals surface area contributed by atoms with Crippen molar-refractivity contribution in [3.05, 3.63) is 70.1 Å². The summed E-state index contributed by atoms with van der Waals surface area (Å²) >= 11 is 6.02. The molecule has 0 aliphatic heterocycles. The summed E-state index contributed by atoms with van der Waals surface area (Å²) in [4.78, 5) is 26.0. The zero-order valence-electron chi connectivity index (χ0n) is 16.6. The zero-order valence-corrected chi connectivity index (χ0v) is 17.3. The number of carboxylic acids is 1. The topological polar surface area (TPSA) is 62.5 Å². The van der Waals surface area contributed by atoms with Gasteiger partial charge in [0, 0.05) is 34.7 Å². The van der Waals surface area contributed by atoms with Crippen LogP contribution in [0, 0.1) is 5.82 Å². The lowest BCUT2D eigenvalue weighted by molar-refractivity contribution is -0.137. The number of hydrogen-bond acceptors (Lipinski definition) is 2. The third-order valence-corrected chi connectivity index (χ3v) is 6.12. The molecule has 4 rings (SSSR count). The summed E-state index contributed by atoms with van der Waals surface area (Å²) in [7, 11) is 1.79. The number of carbonyl (C=O) groups excluding carboxylic acids is 1. The number of nitrogens with zero attached hydrogens (tertiary/aromatic N) is 2. The summed E-state index contributed by atoms with van der Waals surface area (Å²) < 4.78 is 15.7. The fraction of sp³-hybridized carbons (Fsp3) is 0.304. The average Bonchev–Trinajstić information content (AvgIpc) is 2.99. The predicted octanol–water partition coefficient (Wildman–Crippen LogP) is 4.08. The van der Waals surface area contributed by atoms with E-state index in [1.54, 1.807) is 34.7 Å². The normalized spacial score (nSPS) is 15.8. The van der Waals surface area contributed by atoms with Gasteiger partial charge in [-0.2, -0.15) is 0 Å². The highest BCUT2D eigenvalue weighted by Gasteiger charge is 2.30. The van der Waals surface area contributed by atoms with E-state index in [0.717, 1.165) is 34.1 Å². The summed E-state index contributed by atoms with van der Waals surface area (Å²) in [6, 6.07) is 11.7. The van der Waals surface area contributed by atoms with Gasteiger partial charge in [0.2, 0.25) is 5.91 Å². The fourth-order valence-corrected chi connectivity index (χ4v) is 4.61. The van der Waals surface area contributed by atoms with Crippen LogP contribution in [0.5, 0.6) is 0 Å². The summed E-state index contributed by atoms with van der Waals surface area (Å²) in [5.74, 6) is -1.30. The smallest absolute Gasteiger partial charge is 0.323 e. The molecule has 1 unspecified atom stereocenters. The molecule has 1 aliphatic rings. The van der Waals surface area contributed by atoms with E-state index in [9.17, 15) is 19.1 Å². The van der Waals surface area contributed by atoms with Gasteiger partial charge in [-0.15, -0.1) is 0 Å². The second kappa shape index (κ2) is 8.11. The van der Waals surface area contributed by atoms with Gasteiger partial charge in [0.15, 0.2) is 0 Å². The van der Waals surface area contributed by atoms with E-state index in [1.165, 1.54) is 12.1 Å². The molecule has 1 aromatic heterocycles. The van der Waals surface area contributed by atoms with Gasteiger partial charge in [0.05, 0.1) is 6.42 Å². The molecule has 156 valence electrons. The highest BCUT2D eigenvalue weighted by Crippen LogP contribution is 2.34. The van der Waals surface area contributed by atoms with Crippen molar-refractivity contribution in [1.29, 1.82) is 0 Å². The van der Waals surface area contributed by atoms with Crippen molar-refractivity contribution in [3.63, 3.8) is 0 Å². The molecule has 1 amide bonds. The molecule has 1 heterocycles. The van der Waals surface area contributed by atoms with Crippen LogP contribution in [0.2, 0.25) is 5.02 Å². The molecule has 0 saturated heterocycles. The standard InChI is InChI=1S/C23H22ClFN2O3/c1-26(22(28)10-14-3-2-4-15(24)9-14)17-6-8-21-19(12-17)18-11-16(25)5-7-20(18)27(21)13-23(29)30/h2-5,7,9,11,17H,6,8,10,12-13H2,1H3,(H,29,30). The Morgan fingerprint density at radius 2 is 2.07 bits per heavy atom. The average molecular weight is 429 g/mol. The van der Waals surface area contributed by atoms with Crippen LogP contribution in [0.25, 0.3) is 10.9 Å². The van der Waals surface area contributed by atoms with E-state index in [2.05, 4.69) is 0 Å². The van der Waals surface area contributed by atoms with Crippen molar-refractivity contribution in [2.45, 2.75) is 38.3 Å². The van der Waals surface area contributed by atoms with E-state index >= 15 is 0 Å². The van der Waals surface area contributed by atoms with Crippen molar-refractivity contribution < 1.29 is 19.1 Å². The lowest BCUT2D eigenvalue weighted by atomic mass is 9.90. The monoisotopic (exact) mass is 428 g/mol. The van der Waals surface area contributed by atoms with E-state index < -0.39 is 5.97 Å². The first kappa shape index (κ1) is 20.4. The first-order valence-electron chi connectivity index (χ1n) is 9.85. The van der Waals surface area contributed by atoms with Crippen LogP contribution in [-0.2, 0) is 35.4 Å². The van der Waals surface area contributed by atoms with Crippen LogP contribution in [0.3, 0.4) is 0 Å². The van der Waals surface area contributed by atoms with Gasteiger partial charge in [-0.05, 0) is 60.7 Å². The Morgan fingerprint density at radius 1 is 1.27 bits per heavy atom. The number of amides is 1. The fourth-order valence-electron chi connectivity index (χ4n) is 4.40. The van der Waals surface area contributed by atoms with Crippen molar-refractivity contribution in [2.75, 3.05) is 7.05 Å². The molecular formula is C23H22ClFN2O3. The Bertz CT molecular complexity index is 1140. The number of aliphatic carboxylic acids is 1. The van der Waals surface area contributed by atoms with Crippen LogP contribution in [0.1, 0.15) is 23.2 Å². The highest BCUT2D eigenvalue weighted by atomic mass is 35.5. The molecule has 1 atom stereocenters. The minimum absolute atomic E-state index is 0.00817. The van der Waals surface area contributed by atoms with E-state index in [4.69, 9.17) is 11.6 Å². The lowest BCUT2D eigenvalue weighted by Gasteiger charge is -2.32. The number of benzene rings is 2. The molecule has 30 heavy (non-hydrogen) atoms. The number of carboxylic acid groups (broad SMARTS) is 1. The van der Waals surface area contributed by atoms with Gasteiger partial charge in [-0.25, -0.2) is 4.39 Å². The van der Waals surface area contributed by atoms with Crippen LogP contribution < -0.4 is 0 Å². The number of fused-ring (bicyclic) bond motifs is 3. The van der Waals surface area contributed by atoms with Gasteiger partial charge in [0.25, 0.3) is 0 Å². The third-order valence-electron chi connectivity index (χ3n) is 5.88. The predicted molar refractivity (Wildman–Crippen MR) is 113 cm³/mol. The maximum Gasteiger partial charge on any atom is 0.323 e. The molecule has 1 aliphatic carbocycles. The quantitative estimate of drug-likeness (QED) is 0.666. The molecule has 3 aromatic rings. The summed E-state index contributed by atoms with van der Waals surface area (Å²) in [6.45, 7) is -0.161. The molecule has 0 saturated carbocycles. The van der Waals surface area contributed by atoms with Gasteiger partial charge in [-0.3, -0.25) is 9.59 Å². The SMILES string of the molecule is CN(C(=O)Cc1cccc(Cl)c1)C1CCc2c(c3cc(F)ccc3n2CC(=O)O)C1. The van der Waals surface area contributed by atoms with Crippen molar-refractivity contribution in [1.82, 2.24) is 9.47 Å². The van der Waals surface area contributed by atoms with E-state index in [0.29, 0.717) is 17.9 Å². The summed E-state index contributed by atoms with van der Waals surface area (Å²) in [5.41, 5.74) is 3.43. The van der Waals surface area contributed by atoms with Crippen LogP contribution in [0.4, 0.5) is 4.39 Å². The van der Waals surface area contributed by atoms with Gasteiger partial charge in [-0.1, -0.05) is 23.7 Å². The Labute approximate surface area is 178 Å². The second-order valence-electron chi connectivity index (χ2n) is 7.77. The molecular weight excluding hydrogens is 407 g/mol. The Kier molecular flexibility index (Phi) is 5.52. The Morgan fingerprint density at radius 3 is 2.80 bits per heavy atom. The number of carbonyl (C=O) groups is 2. The van der Waals surface area contributed by atoms with Crippen molar-refractivity contribution in [2.24, 2.45) is 0 Å². The number of hydrogen-bond donors (Lipinski definition) is 1. The second-order valence-corrected chi connectivity index (χ2v) is 8.21. The lowest BCUT2D eigenvalue weighted by Crippen LogP contribution is -2.41. The Balaban J connectivity index is 1.61. The zero-order chi connectivity index (χ0) is 21.4. The number of rotatable bonds is 5. The van der Waals surface area contributed by atoms with Crippen molar-refractivity contribution in [3.8, 4) is 0 Å². The third kappa shape index (κ3) is 3.92. The van der Waals surface area contributed by atoms with Crippen LogP contribution in [-0.4, -0.2) is 39.5 Å². The van der Waals surface area contributed by atoms with Crippen LogP contribution in [0.15, 0.2) is 42.5 Å². The summed E-state index contributed by atoms with van der Waals surface area (Å²) in [5, 5.41) is 10.6. The first-order chi connectivity index (χ1) is 14.3. The highest BCUT2D eigenvalue weighted by molar-refractivity contribution is 6.30. The molecule has 5 nitrogen and oxygen atoms in total. The van der Waals surface area contributed by atoms with E-state index in [1.807, 2.05) is 12.1 Å². The molecule has 7 heteroatoms. The maximum atomic E-state index is 13.9. The molecule has 0 radical (unpaired) electrons. The number of halogens is 2.